The molecule has 0 unspecified atom stereocenters. The first-order valence-corrected chi connectivity index (χ1v) is 12.3. The first-order chi connectivity index (χ1) is 17.5. The molecule has 0 saturated heterocycles. The van der Waals surface area contributed by atoms with Crippen molar-refractivity contribution in [2.75, 3.05) is 13.2 Å². The number of carbonyl (C=O) groups excluding carboxylic acids is 1. The van der Waals surface area contributed by atoms with Crippen LogP contribution in [-0.4, -0.2) is 45.2 Å². The Labute approximate surface area is 220 Å². The Hall–Kier alpha value is -3.66. The Morgan fingerprint density at radius 2 is 1.78 bits per heavy atom. The minimum atomic E-state index is -0.519. The number of amides is 1. The third-order valence-corrected chi connectivity index (χ3v) is 6.63. The molecule has 8 nitrogen and oxygen atoms in total. The molecule has 11 heteroatoms. The Kier molecular flexibility index (Phi) is 7.04. The van der Waals surface area contributed by atoms with E-state index in [2.05, 4.69) is 15.1 Å². The number of halogens is 2. The van der Waals surface area contributed by atoms with E-state index in [9.17, 15) is 4.79 Å². The summed E-state index contributed by atoms with van der Waals surface area (Å²) in [6, 6.07) is 15.9. The smallest absolute Gasteiger partial charge is 0.283 e. The van der Waals surface area contributed by atoms with Crippen LogP contribution in [-0.2, 0) is 4.79 Å². The van der Waals surface area contributed by atoms with Crippen LogP contribution >= 0.6 is 35.0 Å². The number of fused-ring (bicyclic) bond motifs is 1. The van der Waals surface area contributed by atoms with Crippen LogP contribution in [0.1, 0.15) is 11.1 Å². The van der Waals surface area contributed by atoms with Gasteiger partial charge in [-0.15, -0.1) is 0 Å². The van der Waals surface area contributed by atoms with Crippen LogP contribution in [0.25, 0.3) is 6.08 Å². The van der Waals surface area contributed by atoms with E-state index in [1.165, 1.54) is 16.8 Å². The Bertz CT molecular complexity index is 1440. The highest BCUT2D eigenvalue weighted by Crippen LogP contribution is 2.32. The lowest BCUT2D eigenvalue weighted by atomic mass is 10.1. The molecule has 0 fully saturated rings. The third kappa shape index (κ3) is 5.13. The zero-order valence-corrected chi connectivity index (χ0v) is 20.8. The van der Waals surface area contributed by atoms with Gasteiger partial charge >= 0.3 is 0 Å². The molecule has 1 aromatic heterocycles. The zero-order valence-electron chi connectivity index (χ0n) is 18.5. The van der Waals surface area contributed by atoms with Crippen molar-refractivity contribution >= 4 is 63.0 Å². The lowest BCUT2D eigenvalue weighted by molar-refractivity contribution is -0.114. The quantitative estimate of drug-likeness (QED) is 0.315. The molecule has 180 valence electrons. The molecule has 2 aromatic carbocycles. The Morgan fingerprint density at radius 3 is 2.50 bits per heavy atom. The molecule has 0 radical (unpaired) electrons. The molecule has 0 atom stereocenters. The van der Waals surface area contributed by atoms with Crippen molar-refractivity contribution in [3.8, 4) is 11.5 Å². The van der Waals surface area contributed by atoms with Crippen LogP contribution in [0.2, 0.25) is 10.0 Å². The monoisotopic (exact) mass is 537 g/mol. The Morgan fingerprint density at radius 1 is 1.00 bits per heavy atom. The van der Waals surface area contributed by atoms with Crippen molar-refractivity contribution < 1.29 is 14.3 Å². The van der Waals surface area contributed by atoms with Gasteiger partial charge in [-0.05, 0) is 59.8 Å². The molecule has 2 aliphatic rings. The van der Waals surface area contributed by atoms with Crippen molar-refractivity contribution in [1.29, 1.82) is 5.41 Å². The topological polar surface area (TPSA) is 100 Å². The van der Waals surface area contributed by atoms with Gasteiger partial charge in [0, 0.05) is 18.0 Å². The van der Waals surface area contributed by atoms with Gasteiger partial charge in [0.25, 0.3) is 5.91 Å². The number of aliphatic imine (C=N–C) groups is 1. The van der Waals surface area contributed by atoms with Crippen LogP contribution in [0.4, 0.5) is 0 Å². The number of hydrogen-bond acceptors (Lipinski definition) is 7. The number of carbonyl (C=O) groups is 1. The number of ether oxygens (including phenoxy) is 2. The number of rotatable bonds is 7. The van der Waals surface area contributed by atoms with Crippen molar-refractivity contribution in [3.05, 3.63) is 93.7 Å². The lowest BCUT2D eigenvalue weighted by Gasteiger charge is -2.20. The molecule has 2 aliphatic heterocycles. The SMILES string of the molecule is N=C1/C(=C/c2ccc(OCCOc3ccccc3Cl)c(Cl)c2)C(=O)N=C2SC(c3cccnc3)=NN12. The van der Waals surface area contributed by atoms with E-state index in [0.29, 0.717) is 37.3 Å². The number of benzene rings is 2. The van der Waals surface area contributed by atoms with E-state index < -0.39 is 5.91 Å². The average molecular weight is 538 g/mol. The molecule has 1 N–H and O–H groups in total. The number of aromatic nitrogens is 1. The lowest BCUT2D eigenvalue weighted by Crippen LogP contribution is -2.35. The number of nitrogens with one attached hydrogen (secondary N) is 1. The summed E-state index contributed by atoms with van der Waals surface area (Å²) in [6.07, 6.45) is 4.89. The van der Waals surface area contributed by atoms with Crippen molar-refractivity contribution in [2.24, 2.45) is 10.1 Å². The van der Waals surface area contributed by atoms with Gasteiger partial charge in [-0.1, -0.05) is 41.4 Å². The summed E-state index contributed by atoms with van der Waals surface area (Å²) in [5.41, 5.74) is 1.51. The highest BCUT2D eigenvalue weighted by molar-refractivity contribution is 8.27. The van der Waals surface area contributed by atoms with Gasteiger partial charge in [-0.2, -0.15) is 15.1 Å². The van der Waals surface area contributed by atoms with E-state index in [1.807, 2.05) is 18.2 Å². The molecular formula is C25H17Cl2N5O3S. The van der Waals surface area contributed by atoms with Crippen LogP contribution in [0, 0.1) is 5.41 Å². The van der Waals surface area contributed by atoms with Crippen molar-refractivity contribution in [1.82, 2.24) is 9.99 Å². The standard InChI is InChI=1S/C25H17Cl2N5O3S/c26-18-5-1-2-6-20(18)34-10-11-35-21-8-7-15(13-19(21)27)12-17-22(28)32-25(30-23(17)33)36-24(31-32)16-4-3-9-29-14-16/h1-9,12-14,28H,10-11H2/b17-12-,28-22?. The molecule has 0 aliphatic carbocycles. The molecule has 0 spiro atoms. The fourth-order valence-electron chi connectivity index (χ4n) is 3.35. The van der Waals surface area contributed by atoms with Crippen molar-refractivity contribution in [3.63, 3.8) is 0 Å². The summed E-state index contributed by atoms with van der Waals surface area (Å²) in [5, 5.41) is 16.2. The molecule has 3 aromatic rings. The maximum atomic E-state index is 12.7. The van der Waals surface area contributed by atoms with Gasteiger partial charge in [0.2, 0.25) is 5.17 Å². The van der Waals surface area contributed by atoms with E-state index in [4.69, 9.17) is 38.1 Å². The summed E-state index contributed by atoms with van der Waals surface area (Å²) in [5.74, 6) is 0.460. The van der Waals surface area contributed by atoms with E-state index in [1.54, 1.807) is 54.9 Å². The fraction of sp³-hybridized carbons (Fsp3) is 0.0800. The number of nitrogens with zero attached hydrogens (tertiary/aromatic N) is 4. The van der Waals surface area contributed by atoms with E-state index in [0.717, 1.165) is 5.56 Å². The minimum absolute atomic E-state index is 0.0652. The van der Waals surface area contributed by atoms with Crippen molar-refractivity contribution in [2.45, 2.75) is 0 Å². The summed E-state index contributed by atoms with van der Waals surface area (Å²) in [4.78, 5) is 20.9. The zero-order chi connectivity index (χ0) is 25.1. The van der Waals surface area contributed by atoms with Crippen LogP contribution < -0.4 is 9.47 Å². The molecule has 0 bridgehead atoms. The first kappa shape index (κ1) is 24.1. The van der Waals surface area contributed by atoms with Gasteiger partial charge in [0.15, 0.2) is 5.84 Å². The fourth-order valence-corrected chi connectivity index (χ4v) is 4.67. The number of para-hydroxylation sites is 1. The van der Waals surface area contributed by atoms with Crippen LogP contribution in [0.3, 0.4) is 0 Å². The van der Waals surface area contributed by atoms with Crippen LogP contribution in [0.15, 0.2) is 82.7 Å². The Balaban J connectivity index is 1.26. The second-order valence-corrected chi connectivity index (χ2v) is 9.25. The first-order valence-electron chi connectivity index (χ1n) is 10.7. The number of amidine groups is 2. The predicted octanol–water partition coefficient (Wildman–Crippen LogP) is 5.51. The predicted molar refractivity (Wildman–Crippen MR) is 142 cm³/mol. The molecule has 0 saturated carbocycles. The third-order valence-electron chi connectivity index (χ3n) is 5.07. The average Bonchev–Trinajstić information content (AvgIpc) is 3.31. The van der Waals surface area contributed by atoms with Gasteiger partial charge < -0.3 is 9.47 Å². The summed E-state index contributed by atoms with van der Waals surface area (Å²) < 4.78 is 11.3. The minimum Gasteiger partial charge on any atom is -0.488 e. The second kappa shape index (κ2) is 10.5. The number of hydrogen-bond donors (Lipinski definition) is 1. The molecule has 3 heterocycles. The summed E-state index contributed by atoms with van der Waals surface area (Å²) in [7, 11) is 0. The number of thioether (sulfide) groups is 1. The maximum absolute atomic E-state index is 12.7. The molecule has 1 amide bonds. The summed E-state index contributed by atoms with van der Waals surface area (Å²) in [6.45, 7) is 0.545. The van der Waals surface area contributed by atoms with E-state index >= 15 is 0 Å². The highest BCUT2D eigenvalue weighted by atomic mass is 35.5. The molecular weight excluding hydrogens is 521 g/mol. The molecule has 5 rings (SSSR count). The van der Waals surface area contributed by atoms with Gasteiger partial charge in [0.1, 0.15) is 29.8 Å². The van der Waals surface area contributed by atoms with Gasteiger partial charge in [-0.3, -0.25) is 15.2 Å². The summed E-state index contributed by atoms with van der Waals surface area (Å²) >= 11 is 13.7. The maximum Gasteiger partial charge on any atom is 0.283 e. The van der Waals surface area contributed by atoms with E-state index in [-0.39, 0.29) is 24.6 Å². The largest absolute Gasteiger partial charge is 0.488 e. The second-order valence-electron chi connectivity index (χ2n) is 7.48. The molecule has 36 heavy (non-hydrogen) atoms. The number of hydrazone groups is 1. The van der Waals surface area contributed by atoms with Gasteiger partial charge in [0.05, 0.1) is 15.6 Å². The van der Waals surface area contributed by atoms with Gasteiger partial charge in [-0.25, -0.2) is 0 Å². The normalized spacial score (nSPS) is 16.1. The van der Waals surface area contributed by atoms with Crippen LogP contribution in [0.5, 0.6) is 11.5 Å². The number of pyridine rings is 1. The highest BCUT2D eigenvalue weighted by Gasteiger charge is 2.36.